The van der Waals surface area contributed by atoms with E-state index in [0.717, 1.165) is 47.5 Å². The number of amides is 2. The number of H-pyrrole nitrogens is 1. The lowest BCUT2D eigenvalue weighted by Crippen LogP contribution is -2.46. The predicted molar refractivity (Wildman–Crippen MR) is 213 cm³/mol. The number of aromatic amines is 1. The van der Waals surface area contributed by atoms with E-state index in [9.17, 15) is 24.6 Å². The molecule has 286 valence electrons. The number of methoxy groups -OCH3 is 1. The first-order valence-corrected chi connectivity index (χ1v) is 18.7. The van der Waals surface area contributed by atoms with Gasteiger partial charge >= 0.3 is 6.09 Å². The number of aliphatic hydroxyl groups excluding tert-OH is 1. The molecular formula is C43H47N5O7. The van der Waals surface area contributed by atoms with Crippen LogP contribution in [0.2, 0.25) is 0 Å². The predicted octanol–water partition coefficient (Wildman–Crippen LogP) is 6.11. The van der Waals surface area contributed by atoms with Crippen molar-refractivity contribution in [3.63, 3.8) is 0 Å². The Labute approximate surface area is 319 Å². The molecule has 2 amide bonds. The number of para-hydroxylation sites is 1. The van der Waals surface area contributed by atoms with Gasteiger partial charge in [0.1, 0.15) is 17.1 Å². The van der Waals surface area contributed by atoms with E-state index >= 15 is 0 Å². The van der Waals surface area contributed by atoms with Crippen molar-refractivity contribution in [1.82, 2.24) is 15.2 Å². The number of carbonyl (C=O) groups excluding carboxylic acids is 2. The average Bonchev–Trinajstić information content (AvgIpc) is 3.60. The third-order valence-electron chi connectivity index (χ3n) is 10.7. The van der Waals surface area contributed by atoms with Crippen molar-refractivity contribution in [1.29, 1.82) is 0 Å². The van der Waals surface area contributed by atoms with Crippen LogP contribution in [0, 0.1) is 0 Å². The summed E-state index contributed by atoms with van der Waals surface area (Å²) in [7, 11) is 1.60. The van der Waals surface area contributed by atoms with Gasteiger partial charge in [-0.05, 0) is 67.1 Å². The Morgan fingerprint density at radius 3 is 2.51 bits per heavy atom. The summed E-state index contributed by atoms with van der Waals surface area (Å²) in [6.07, 6.45) is 1.07. The number of nitrogens with zero attached hydrogens (tertiary/aromatic N) is 2. The summed E-state index contributed by atoms with van der Waals surface area (Å²) in [5.74, 6) is 0.645. The lowest BCUT2D eigenvalue weighted by Gasteiger charge is -2.38. The van der Waals surface area contributed by atoms with Crippen LogP contribution in [0.5, 0.6) is 11.5 Å². The zero-order valence-electron chi connectivity index (χ0n) is 31.1. The van der Waals surface area contributed by atoms with Gasteiger partial charge in [0.25, 0.3) is 0 Å². The fourth-order valence-corrected chi connectivity index (χ4v) is 7.62. The number of likely N-dealkylation sites (tertiary alicyclic amines) is 1. The molecule has 0 saturated carbocycles. The molecule has 0 spiro atoms. The molecule has 2 aliphatic rings. The first kappa shape index (κ1) is 37.6. The summed E-state index contributed by atoms with van der Waals surface area (Å²) >= 11 is 0. The molecule has 1 fully saturated rings. The van der Waals surface area contributed by atoms with Crippen LogP contribution < -0.4 is 25.8 Å². The van der Waals surface area contributed by atoms with Gasteiger partial charge in [0.15, 0.2) is 0 Å². The Morgan fingerprint density at radius 1 is 0.964 bits per heavy atom. The molecule has 3 heterocycles. The summed E-state index contributed by atoms with van der Waals surface area (Å²) < 4.78 is 11.7. The van der Waals surface area contributed by atoms with Crippen molar-refractivity contribution in [2.45, 2.75) is 50.9 Å². The standard InChI is InChI=1S/C43H47N5O7/c1-43(55-42(53)45-34-11-7-6-10-31(34)28-8-4-3-5-9-28)18-22-47(23-19-43)20-17-40(52)48-21-16-29-24-30(38(54-2)25-35(29)48)26-44-27-37(50)32-12-14-36(49)41-33(32)13-15-39(51)46-41/h3-15,24-25,37,44,49-50H,16-23,26-27H2,1-2H3,(H,45,53)(H,46,51)/t37-/m0/s1. The zero-order chi connectivity index (χ0) is 38.5. The van der Waals surface area contributed by atoms with Gasteiger partial charge in [-0.2, -0.15) is 0 Å². The zero-order valence-corrected chi connectivity index (χ0v) is 31.1. The number of phenolic OH excluding ortho intramolecular Hbond substituents is 1. The van der Waals surface area contributed by atoms with E-state index in [4.69, 9.17) is 9.47 Å². The largest absolute Gasteiger partial charge is 0.506 e. The molecule has 7 rings (SSSR count). The highest BCUT2D eigenvalue weighted by molar-refractivity contribution is 5.96. The molecule has 0 bridgehead atoms. The Hall–Kier alpha value is -5.69. The Kier molecular flexibility index (Phi) is 11.2. The van der Waals surface area contributed by atoms with Gasteiger partial charge in [-0.3, -0.25) is 14.9 Å². The van der Waals surface area contributed by atoms with E-state index < -0.39 is 17.8 Å². The molecular weight excluding hydrogens is 699 g/mol. The minimum absolute atomic E-state index is 0.0540. The van der Waals surface area contributed by atoms with E-state index in [-0.39, 0.29) is 29.3 Å². The molecule has 0 unspecified atom stereocenters. The lowest BCUT2D eigenvalue weighted by atomic mass is 9.93. The quantitative estimate of drug-likeness (QED) is 0.102. The van der Waals surface area contributed by atoms with Crippen molar-refractivity contribution in [3.8, 4) is 22.6 Å². The summed E-state index contributed by atoms with van der Waals surface area (Å²) in [5.41, 5.74) is 5.40. The summed E-state index contributed by atoms with van der Waals surface area (Å²) in [5, 5.41) is 28.0. The van der Waals surface area contributed by atoms with Crippen LogP contribution in [-0.2, 0) is 22.5 Å². The number of aliphatic hydroxyl groups is 1. The molecule has 2 aliphatic heterocycles. The van der Waals surface area contributed by atoms with Gasteiger partial charge < -0.3 is 39.8 Å². The maximum absolute atomic E-state index is 13.5. The normalized spacial score (nSPS) is 15.7. The summed E-state index contributed by atoms with van der Waals surface area (Å²) in [6.45, 7) is 5.27. The molecule has 1 atom stereocenters. The number of piperidine rings is 1. The van der Waals surface area contributed by atoms with E-state index in [2.05, 4.69) is 26.6 Å². The van der Waals surface area contributed by atoms with Crippen molar-refractivity contribution in [2.75, 3.05) is 50.1 Å². The van der Waals surface area contributed by atoms with Gasteiger partial charge in [-0.25, -0.2) is 4.79 Å². The molecule has 4 aromatic carbocycles. The fourth-order valence-electron chi connectivity index (χ4n) is 7.62. The van der Waals surface area contributed by atoms with Crippen LogP contribution in [0.4, 0.5) is 16.2 Å². The van der Waals surface area contributed by atoms with Crippen LogP contribution in [-0.4, -0.2) is 77.5 Å². The van der Waals surface area contributed by atoms with Crippen molar-refractivity contribution in [3.05, 3.63) is 118 Å². The summed E-state index contributed by atoms with van der Waals surface area (Å²) in [4.78, 5) is 45.1. The molecule has 12 heteroatoms. The Bertz CT molecular complexity index is 2230. The van der Waals surface area contributed by atoms with Crippen LogP contribution in [0.15, 0.2) is 95.8 Å². The molecule has 5 N–H and O–H groups in total. The molecule has 1 aromatic heterocycles. The number of phenols is 1. The van der Waals surface area contributed by atoms with E-state index in [0.29, 0.717) is 61.3 Å². The highest BCUT2D eigenvalue weighted by Crippen LogP contribution is 2.36. The average molecular weight is 746 g/mol. The molecule has 5 aromatic rings. The summed E-state index contributed by atoms with van der Waals surface area (Å²) in [6, 6.07) is 27.6. The van der Waals surface area contributed by atoms with Crippen molar-refractivity contribution >= 4 is 34.3 Å². The van der Waals surface area contributed by atoms with E-state index in [1.807, 2.05) is 72.5 Å². The second-order valence-corrected chi connectivity index (χ2v) is 14.5. The second-order valence-electron chi connectivity index (χ2n) is 14.5. The Balaban J connectivity index is 0.892. The van der Waals surface area contributed by atoms with Gasteiger partial charge in [0, 0.05) is 74.3 Å². The molecule has 0 radical (unpaired) electrons. The fraction of sp³-hybridized carbons (Fsp3) is 0.326. The number of aromatic hydroxyl groups is 1. The number of aromatic nitrogens is 1. The van der Waals surface area contributed by atoms with Gasteiger partial charge in [-0.1, -0.05) is 54.6 Å². The number of carbonyl (C=O) groups is 2. The number of rotatable bonds is 12. The first-order chi connectivity index (χ1) is 26.6. The SMILES string of the molecule is COc1cc2c(cc1CNC[C@H](O)c1ccc(O)c3[nH]c(=O)ccc13)CCN2C(=O)CCN1CCC(C)(OC(=O)Nc2ccccc2-c2ccccc2)CC1. The minimum atomic E-state index is -0.892. The van der Waals surface area contributed by atoms with Crippen LogP contribution >= 0.6 is 0 Å². The molecule has 0 aliphatic carbocycles. The second kappa shape index (κ2) is 16.4. The number of fused-ring (bicyclic) bond motifs is 2. The highest BCUT2D eigenvalue weighted by atomic mass is 16.6. The topological polar surface area (TPSA) is 156 Å². The van der Waals surface area contributed by atoms with E-state index in [1.165, 1.54) is 12.1 Å². The maximum atomic E-state index is 13.5. The molecule has 12 nitrogen and oxygen atoms in total. The Morgan fingerprint density at radius 2 is 1.73 bits per heavy atom. The third-order valence-corrected chi connectivity index (χ3v) is 10.7. The molecule has 55 heavy (non-hydrogen) atoms. The van der Waals surface area contributed by atoms with Gasteiger partial charge in [0.2, 0.25) is 11.5 Å². The number of nitrogens with one attached hydrogen (secondary N) is 3. The van der Waals surface area contributed by atoms with Crippen LogP contribution in [0.25, 0.3) is 22.0 Å². The van der Waals surface area contributed by atoms with Crippen LogP contribution in [0.3, 0.4) is 0 Å². The number of ether oxygens (including phenoxy) is 2. The highest BCUT2D eigenvalue weighted by Gasteiger charge is 2.34. The maximum Gasteiger partial charge on any atom is 0.412 e. The third kappa shape index (κ3) is 8.51. The van der Waals surface area contributed by atoms with Gasteiger partial charge in [0.05, 0.1) is 30.1 Å². The van der Waals surface area contributed by atoms with Crippen molar-refractivity contribution < 1.29 is 29.3 Å². The molecule has 1 saturated heterocycles. The van der Waals surface area contributed by atoms with E-state index in [1.54, 1.807) is 19.2 Å². The van der Waals surface area contributed by atoms with Gasteiger partial charge in [-0.15, -0.1) is 0 Å². The lowest BCUT2D eigenvalue weighted by molar-refractivity contribution is -0.119. The smallest absolute Gasteiger partial charge is 0.412 e. The monoisotopic (exact) mass is 745 g/mol. The minimum Gasteiger partial charge on any atom is -0.506 e. The van der Waals surface area contributed by atoms with Crippen molar-refractivity contribution in [2.24, 2.45) is 0 Å². The number of anilines is 2. The first-order valence-electron chi connectivity index (χ1n) is 18.7. The number of hydrogen-bond donors (Lipinski definition) is 5. The van der Waals surface area contributed by atoms with Crippen LogP contribution in [0.1, 0.15) is 49.0 Å². The number of benzene rings is 4. The number of pyridine rings is 1. The number of hydrogen-bond acceptors (Lipinski definition) is 9.